The van der Waals surface area contributed by atoms with Crippen molar-refractivity contribution in [3.8, 4) is 0 Å². The molecule has 0 saturated carbocycles. The van der Waals surface area contributed by atoms with Gasteiger partial charge in [-0.05, 0) is 36.7 Å². The highest BCUT2D eigenvalue weighted by molar-refractivity contribution is 6.34. The molecule has 0 spiro atoms. The molecule has 2 nitrogen and oxygen atoms in total. The first-order valence-corrected chi connectivity index (χ1v) is 6.19. The minimum atomic E-state index is 0.175. The summed E-state index contributed by atoms with van der Waals surface area (Å²) >= 11 is 11.9. The van der Waals surface area contributed by atoms with Crippen molar-refractivity contribution >= 4 is 23.2 Å². The summed E-state index contributed by atoms with van der Waals surface area (Å²) in [6, 6.07) is 5.55. The second-order valence-corrected chi connectivity index (χ2v) is 4.65. The number of aliphatic hydroxyl groups excluding tert-OH is 1. The lowest BCUT2D eigenvalue weighted by Crippen LogP contribution is -2.27. The fraction of sp³-hybridized carbons (Fsp3) is 0.500. The Kier molecular flexibility index (Phi) is 6.14. The number of hydrogen-bond donors (Lipinski definition) is 1. The fourth-order valence-corrected chi connectivity index (χ4v) is 2.26. The Labute approximate surface area is 107 Å². The number of halogens is 2. The van der Waals surface area contributed by atoms with Crippen LogP contribution in [0, 0.1) is 0 Å². The normalized spacial score (nSPS) is 11.1. The minimum absolute atomic E-state index is 0.175. The molecule has 0 amide bonds. The van der Waals surface area contributed by atoms with Crippen LogP contribution in [0.5, 0.6) is 0 Å². The van der Waals surface area contributed by atoms with Gasteiger partial charge in [-0.3, -0.25) is 4.90 Å². The van der Waals surface area contributed by atoms with E-state index in [-0.39, 0.29) is 6.61 Å². The molecular weight excluding hydrogens is 245 g/mol. The molecule has 0 radical (unpaired) electrons. The molecule has 0 aromatic heterocycles. The van der Waals surface area contributed by atoms with Crippen LogP contribution in [0.4, 0.5) is 0 Å². The minimum Gasteiger partial charge on any atom is -0.395 e. The van der Waals surface area contributed by atoms with Crippen molar-refractivity contribution in [1.29, 1.82) is 0 Å². The van der Waals surface area contributed by atoms with E-state index in [1.165, 1.54) is 0 Å². The molecule has 0 fully saturated rings. The van der Waals surface area contributed by atoms with E-state index in [4.69, 9.17) is 28.3 Å². The van der Waals surface area contributed by atoms with Crippen LogP contribution >= 0.6 is 23.2 Å². The molecular formula is C12H17Cl2NO. The zero-order valence-corrected chi connectivity index (χ0v) is 10.9. The number of rotatable bonds is 6. The van der Waals surface area contributed by atoms with Crippen LogP contribution in [-0.2, 0) is 6.54 Å². The summed E-state index contributed by atoms with van der Waals surface area (Å²) in [4.78, 5) is 2.18. The Bertz CT molecular complexity index is 305. The van der Waals surface area contributed by atoms with Gasteiger partial charge in [0, 0.05) is 23.1 Å². The zero-order valence-electron chi connectivity index (χ0n) is 9.42. The van der Waals surface area contributed by atoms with Crippen LogP contribution < -0.4 is 0 Å². The molecule has 0 aliphatic rings. The van der Waals surface area contributed by atoms with E-state index < -0.39 is 0 Å². The summed E-state index contributed by atoms with van der Waals surface area (Å²) in [5, 5.41) is 10.3. The first kappa shape index (κ1) is 13.8. The van der Waals surface area contributed by atoms with Crippen molar-refractivity contribution in [2.75, 3.05) is 19.7 Å². The first-order chi connectivity index (χ1) is 7.65. The lowest BCUT2D eigenvalue weighted by atomic mass is 10.2. The van der Waals surface area contributed by atoms with Crippen molar-refractivity contribution in [1.82, 2.24) is 4.90 Å². The lowest BCUT2D eigenvalue weighted by molar-refractivity contribution is 0.190. The lowest BCUT2D eigenvalue weighted by Gasteiger charge is -2.20. The van der Waals surface area contributed by atoms with E-state index >= 15 is 0 Å². The predicted octanol–water partition coefficient (Wildman–Crippen LogP) is 3.20. The van der Waals surface area contributed by atoms with Crippen LogP contribution in [-0.4, -0.2) is 29.7 Å². The van der Waals surface area contributed by atoms with Crippen LogP contribution in [0.2, 0.25) is 10.0 Å². The second-order valence-electron chi connectivity index (χ2n) is 3.78. The van der Waals surface area contributed by atoms with Gasteiger partial charge in [-0.2, -0.15) is 0 Å². The maximum Gasteiger partial charge on any atom is 0.0558 e. The fourth-order valence-electron chi connectivity index (χ4n) is 1.69. The van der Waals surface area contributed by atoms with Gasteiger partial charge in [0.2, 0.25) is 0 Å². The van der Waals surface area contributed by atoms with Crippen molar-refractivity contribution in [3.05, 3.63) is 33.8 Å². The second kappa shape index (κ2) is 7.13. The van der Waals surface area contributed by atoms with Gasteiger partial charge in [0.05, 0.1) is 6.61 Å². The van der Waals surface area contributed by atoms with Gasteiger partial charge >= 0.3 is 0 Å². The van der Waals surface area contributed by atoms with Crippen molar-refractivity contribution < 1.29 is 5.11 Å². The Morgan fingerprint density at radius 2 is 1.75 bits per heavy atom. The molecule has 0 unspecified atom stereocenters. The number of aliphatic hydroxyl groups is 1. The Balaban J connectivity index is 2.68. The quantitative estimate of drug-likeness (QED) is 0.851. The third kappa shape index (κ3) is 4.71. The maximum atomic E-state index is 8.96. The highest BCUT2D eigenvalue weighted by Gasteiger charge is 2.05. The van der Waals surface area contributed by atoms with E-state index in [0.29, 0.717) is 16.6 Å². The van der Waals surface area contributed by atoms with Gasteiger partial charge in [0.15, 0.2) is 0 Å². The Hall–Kier alpha value is -0.280. The molecule has 1 aromatic carbocycles. The molecule has 4 heteroatoms. The number of benzene rings is 1. The predicted molar refractivity (Wildman–Crippen MR) is 69.1 cm³/mol. The number of nitrogens with zero attached hydrogens (tertiary/aromatic N) is 1. The SMILES string of the molecule is CCCN(CCO)Cc1cc(Cl)cc(Cl)c1. The van der Waals surface area contributed by atoms with E-state index in [9.17, 15) is 0 Å². The molecule has 0 heterocycles. The van der Waals surface area contributed by atoms with E-state index in [2.05, 4.69) is 11.8 Å². The summed E-state index contributed by atoms with van der Waals surface area (Å²) in [6.07, 6.45) is 1.06. The highest BCUT2D eigenvalue weighted by Crippen LogP contribution is 2.20. The average molecular weight is 262 g/mol. The third-order valence-electron chi connectivity index (χ3n) is 2.28. The van der Waals surface area contributed by atoms with Crippen LogP contribution in [0.3, 0.4) is 0 Å². The van der Waals surface area contributed by atoms with Gasteiger partial charge in [0.25, 0.3) is 0 Å². The molecule has 0 aliphatic carbocycles. The molecule has 1 N–H and O–H groups in total. The molecule has 1 aromatic rings. The zero-order chi connectivity index (χ0) is 12.0. The summed E-state index contributed by atoms with van der Waals surface area (Å²) in [5.74, 6) is 0. The summed E-state index contributed by atoms with van der Waals surface area (Å²) in [7, 11) is 0. The van der Waals surface area contributed by atoms with Gasteiger partial charge < -0.3 is 5.11 Å². The number of hydrogen-bond acceptors (Lipinski definition) is 2. The summed E-state index contributed by atoms with van der Waals surface area (Å²) in [6.45, 7) is 4.71. The topological polar surface area (TPSA) is 23.5 Å². The van der Waals surface area contributed by atoms with Crippen LogP contribution in [0.1, 0.15) is 18.9 Å². The highest BCUT2D eigenvalue weighted by atomic mass is 35.5. The average Bonchev–Trinajstić information content (AvgIpc) is 2.16. The van der Waals surface area contributed by atoms with E-state index in [1.54, 1.807) is 6.07 Å². The third-order valence-corrected chi connectivity index (χ3v) is 2.72. The Morgan fingerprint density at radius 1 is 1.12 bits per heavy atom. The largest absolute Gasteiger partial charge is 0.395 e. The van der Waals surface area contributed by atoms with E-state index in [0.717, 1.165) is 25.1 Å². The molecule has 0 bridgehead atoms. The van der Waals surface area contributed by atoms with Gasteiger partial charge in [0.1, 0.15) is 0 Å². The first-order valence-electron chi connectivity index (χ1n) is 5.44. The molecule has 16 heavy (non-hydrogen) atoms. The van der Waals surface area contributed by atoms with Gasteiger partial charge in [-0.1, -0.05) is 30.1 Å². The van der Waals surface area contributed by atoms with E-state index in [1.807, 2.05) is 12.1 Å². The van der Waals surface area contributed by atoms with Crippen molar-refractivity contribution in [3.63, 3.8) is 0 Å². The Morgan fingerprint density at radius 3 is 2.25 bits per heavy atom. The summed E-state index contributed by atoms with van der Waals surface area (Å²) < 4.78 is 0. The monoisotopic (exact) mass is 261 g/mol. The summed E-state index contributed by atoms with van der Waals surface area (Å²) in [5.41, 5.74) is 1.08. The van der Waals surface area contributed by atoms with Crippen LogP contribution in [0.25, 0.3) is 0 Å². The molecule has 0 atom stereocenters. The molecule has 0 aliphatic heterocycles. The van der Waals surface area contributed by atoms with Crippen molar-refractivity contribution in [2.24, 2.45) is 0 Å². The molecule has 0 saturated heterocycles. The van der Waals surface area contributed by atoms with Crippen LogP contribution in [0.15, 0.2) is 18.2 Å². The smallest absolute Gasteiger partial charge is 0.0558 e. The van der Waals surface area contributed by atoms with Gasteiger partial charge in [-0.15, -0.1) is 0 Å². The van der Waals surface area contributed by atoms with Gasteiger partial charge in [-0.25, -0.2) is 0 Å². The standard InChI is InChI=1S/C12H17Cl2NO/c1-2-3-15(4-5-16)9-10-6-11(13)8-12(14)7-10/h6-8,16H,2-5,9H2,1H3. The molecule has 90 valence electrons. The maximum absolute atomic E-state index is 8.96. The van der Waals surface area contributed by atoms with Crippen molar-refractivity contribution in [2.45, 2.75) is 19.9 Å². The molecule has 1 rings (SSSR count).